The number of nitrogens with one attached hydrogen (secondary N) is 2. The molecule has 9 heteroatoms. The largest absolute Gasteiger partial charge is 0.497 e. The second-order valence-corrected chi connectivity index (χ2v) is 7.69. The summed E-state index contributed by atoms with van der Waals surface area (Å²) in [6, 6.07) is 19.5. The monoisotopic (exact) mass is 462 g/mol. The van der Waals surface area contributed by atoms with Crippen molar-refractivity contribution in [2.45, 2.75) is 0 Å². The van der Waals surface area contributed by atoms with Crippen molar-refractivity contribution in [2.75, 3.05) is 17.7 Å². The number of nitrogens with zero attached hydrogens (tertiary/aromatic N) is 2. The highest BCUT2D eigenvalue weighted by Gasteiger charge is 2.12. The van der Waals surface area contributed by atoms with Crippen LogP contribution in [-0.2, 0) is 4.79 Å². The summed E-state index contributed by atoms with van der Waals surface area (Å²) in [5, 5.41) is 7.53. The van der Waals surface area contributed by atoms with E-state index in [1.54, 1.807) is 37.4 Å². The van der Waals surface area contributed by atoms with Crippen LogP contribution in [0.5, 0.6) is 17.4 Å². The Bertz CT molecular complexity index is 1290. The van der Waals surface area contributed by atoms with Crippen LogP contribution < -0.4 is 20.1 Å². The summed E-state index contributed by atoms with van der Waals surface area (Å²) in [6.45, 7) is 2.99. The molecule has 0 saturated heterocycles. The van der Waals surface area contributed by atoms with E-state index in [4.69, 9.17) is 9.47 Å². The highest BCUT2D eigenvalue weighted by atomic mass is 32.1. The van der Waals surface area contributed by atoms with Gasteiger partial charge in [-0.15, -0.1) is 11.3 Å². The summed E-state index contributed by atoms with van der Waals surface area (Å²) >= 11 is 1.54. The van der Waals surface area contributed by atoms with Crippen molar-refractivity contribution in [3.05, 3.63) is 84.5 Å². The van der Waals surface area contributed by atoms with Crippen LogP contribution in [-0.4, -0.2) is 23.0 Å². The molecule has 2 N–H and O–H groups in total. The van der Waals surface area contributed by atoms with Crippen molar-refractivity contribution in [2.24, 2.45) is 0 Å². The molecule has 4 aromatic rings. The second-order valence-electron chi connectivity index (χ2n) is 6.74. The van der Waals surface area contributed by atoms with Gasteiger partial charge >= 0.3 is 0 Å². The lowest BCUT2D eigenvalue weighted by molar-refractivity contribution is -0.114. The Morgan fingerprint density at radius 3 is 2.48 bits per heavy atom. The topological polar surface area (TPSA) is 85.4 Å². The van der Waals surface area contributed by atoms with E-state index in [9.17, 15) is 9.18 Å². The number of thiophene rings is 1. The lowest BCUT2D eigenvalue weighted by Gasteiger charge is -2.12. The molecule has 2 aromatic carbocycles. The highest BCUT2D eigenvalue weighted by Crippen LogP contribution is 2.31. The Hall–Kier alpha value is -4.24. The number of amides is 1. The average Bonchev–Trinajstić information content (AvgIpc) is 3.34. The molecule has 0 fully saturated rings. The number of anilines is 3. The number of halogens is 1. The van der Waals surface area contributed by atoms with Crippen molar-refractivity contribution in [1.82, 2.24) is 9.97 Å². The molecule has 0 spiro atoms. The maximum atomic E-state index is 13.0. The minimum atomic E-state index is -1.08. The molecule has 0 aliphatic heterocycles. The number of methoxy groups -OCH3 is 1. The first-order chi connectivity index (χ1) is 16.0. The van der Waals surface area contributed by atoms with Crippen LogP contribution in [0.3, 0.4) is 0 Å². The maximum absolute atomic E-state index is 13.0. The summed E-state index contributed by atoms with van der Waals surface area (Å²) in [5.74, 6) is -0.273. The third kappa shape index (κ3) is 5.72. The number of carbonyl (C=O) groups excluding carboxylic acids is 1. The van der Waals surface area contributed by atoms with Gasteiger partial charge in [-0.25, -0.2) is 9.37 Å². The van der Waals surface area contributed by atoms with Crippen LogP contribution in [0.4, 0.5) is 21.7 Å². The van der Waals surface area contributed by atoms with Crippen molar-refractivity contribution in [1.29, 1.82) is 0 Å². The molecule has 0 bridgehead atoms. The Kier molecular flexibility index (Phi) is 6.61. The number of carbonyl (C=O) groups is 1. The summed E-state index contributed by atoms with van der Waals surface area (Å²) in [4.78, 5) is 21.6. The van der Waals surface area contributed by atoms with Gasteiger partial charge in [0, 0.05) is 29.6 Å². The van der Waals surface area contributed by atoms with Gasteiger partial charge in [-0.1, -0.05) is 24.8 Å². The zero-order chi connectivity index (χ0) is 23.2. The van der Waals surface area contributed by atoms with Gasteiger partial charge in [0.25, 0.3) is 5.91 Å². The molecule has 2 heterocycles. The molecule has 0 aliphatic rings. The lowest BCUT2D eigenvalue weighted by Crippen LogP contribution is -2.11. The molecular formula is C24H19FN4O3S. The normalized spacial score (nSPS) is 10.4. The zero-order valence-corrected chi connectivity index (χ0v) is 18.4. The fourth-order valence-corrected chi connectivity index (χ4v) is 3.56. The maximum Gasteiger partial charge on any atom is 0.283 e. The smallest absolute Gasteiger partial charge is 0.283 e. The molecule has 4 rings (SSSR count). The van der Waals surface area contributed by atoms with Crippen LogP contribution in [0.25, 0.3) is 10.6 Å². The van der Waals surface area contributed by atoms with Gasteiger partial charge in [0.05, 0.1) is 17.7 Å². The van der Waals surface area contributed by atoms with E-state index in [-0.39, 0.29) is 5.88 Å². The summed E-state index contributed by atoms with van der Waals surface area (Å²) in [6.07, 6.45) is 0. The standard InChI is InChI=1S/C24H19FN4O3S/c1-15(25)23(30)26-16-6-4-9-19(13-16)32-22-14-20(21-10-5-11-33-21)28-24(29-22)27-17-7-3-8-18(12-17)31-2/h3-14H,1H2,2H3,(H,26,30)(H,27,28,29). The molecular weight excluding hydrogens is 443 g/mol. The highest BCUT2D eigenvalue weighted by molar-refractivity contribution is 7.13. The quantitative estimate of drug-likeness (QED) is 0.305. The average molecular weight is 463 g/mol. The minimum absolute atomic E-state index is 0.289. The molecule has 33 heavy (non-hydrogen) atoms. The van der Waals surface area contributed by atoms with Crippen LogP contribution in [0.1, 0.15) is 0 Å². The molecule has 0 radical (unpaired) electrons. The molecule has 1 amide bonds. The van der Waals surface area contributed by atoms with Gasteiger partial charge in [0.2, 0.25) is 11.8 Å². The predicted molar refractivity (Wildman–Crippen MR) is 127 cm³/mol. The molecule has 166 valence electrons. The number of benzene rings is 2. The molecule has 7 nitrogen and oxygen atoms in total. The van der Waals surface area contributed by atoms with Crippen molar-refractivity contribution >= 4 is 34.6 Å². The Morgan fingerprint density at radius 2 is 1.76 bits per heavy atom. The van der Waals surface area contributed by atoms with E-state index in [1.165, 1.54) is 11.3 Å². The summed E-state index contributed by atoms with van der Waals surface area (Å²) in [7, 11) is 1.60. The van der Waals surface area contributed by atoms with E-state index in [0.29, 0.717) is 28.8 Å². The lowest BCUT2D eigenvalue weighted by atomic mass is 10.3. The number of aromatic nitrogens is 2. The van der Waals surface area contributed by atoms with Crippen molar-refractivity contribution < 1.29 is 18.7 Å². The molecule has 0 unspecified atom stereocenters. The first kappa shape index (κ1) is 22.0. The van der Waals surface area contributed by atoms with Gasteiger partial charge < -0.3 is 20.1 Å². The number of rotatable bonds is 8. The van der Waals surface area contributed by atoms with Crippen LogP contribution in [0, 0.1) is 0 Å². The fraction of sp³-hybridized carbons (Fsp3) is 0.0417. The van der Waals surface area contributed by atoms with Crippen molar-refractivity contribution in [3.8, 4) is 28.0 Å². The SMILES string of the molecule is C=C(F)C(=O)Nc1cccc(Oc2cc(-c3cccs3)nc(Nc3cccc(OC)c3)n2)c1. The molecule has 0 saturated carbocycles. The third-order valence-corrected chi connectivity index (χ3v) is 5.26. The Morgan fingerprint density at radius 1 is 1.00 bits per heavy atom. The zero-order valence-electron chi connectivity index (χ0n) is 17.5. The van der Waals surface area contributed by atoms with Gasteiger partial charge in [-0.3, -0.25) is 4.79 Å². The van der Waals surface area contributed by atoms with E-state index < -0.39 is 11.7 Å². The van der Waals surface area contributed by atoms with Crippen LogP contribution in [0.15, 0.2) is 84.5 Å². The van der Waals surface area contributed by atoms with E-state index >= 15 is 0 Å². The third-order valence-electron chi connectivity index (χ3n) is 4.36. The molecule has 0 atom stereocenters. The predicted octanol–water partition coefficient (Wildman–Crippen LogP) is 6.17. The summed E-state index contributed by atoms with van der Waals surface area (Å²) in [5.41, 5.74) is 1.79. The fourth-order valence-electron chi connectivity index (χ4n) is 2.87. The molecule has 2 aromatic heterocycles. The van der Waals surface area contributed by atoms with Crippen LogP contribution >= 0.6 is 11.3 Å². The van der Waals surface area contributed by atoms with E-state index in [2.05, 4.69) is 27.2 Å². The first-order valence-corrected chi connectivity index (χ1v) is 10.7. The number of ether oxygens (including phenoxy) is 2. The van der Waals surface area contributed by atoms with Gasteiger partial charge in [0.1, 0.15) is 11.5 Å². The van der Waals surface area contributed by atoms with Gasteiger partial charge in [0.15, 0.2) is 5.83 Å². The minimum Gasteiger partial charge on any atom is -0.497 e. The number of hydrogen-bond acceptors (Lipinski definition) is 7. The van der Waals surface area contributed by atoms with Crippen molar-refractivity contribution in [3.63, 3.8) is 0 Å². The van der Waals surface area contributed by atoms with E-state index in [0.717, 1.165) is 10.6 Å². The van der Waals surface area contributed by atoms with Gasteiger partial charge in [-0.05, 0) is 35.7 Å². The Labute approximate surface area is 193 Å². The number of hydrogen-bond donors (Lipinski definition) is 2. The first-order valence-electron chi connectivity index (χ1n) is 9.78. The molecule has 0 aliphatic carbocycles. The second kappa shape index (κ2) is 9.92. The summed E-state index contributed by atoms with van der Waals surface area (Å²) < 4.78 is 24.2. The van der Waals surface area contributed by atoms with Crippen LogP contribution in [0.2, 0.25) is 0 Å². The van der Waals surface area contributed by atoms with Gasteiger partial charge in [-0.2, -0.15) is 4.98 Å². The Balaban J connectivity index is 1.63. The van der Waals surface area contributed by atoms with E-state index in [1.807, 2.05) is 41.8 Å².